The summed E-state index contributed by atoms with van der Waals surface area (Å²) < 4.78 is 56.8. The lowest BCUT2D eigenvalue weighted by Gasteiger charge is -2.25. The summed E-state index contributed by atoms with van der Waals surface area (Å²) >= 11 is 0. The Labute approximate surface area is 174 Å². The van der Waals surface area contributed by atoms with Crippen LogP contribution in [-0.4, -0.2) is 29.4 Å². The lowest BCUT2D eigenvalue weighted by atomic mass is 9.89. The van der Waals surface area contributed by atoms with E-state index in [1.165, 1.54) is 25.6 Å². The van der Waals surface area contributed by atoms with Gasteiger partial charge in [-0.25, -0.2) is 4.98 Å². The highest BCUT2D eigenvalue weighted by atomic mass is 19.4. The molecule has 1 amide bonds. The van der Waals surface area contributed by atoms with Crippen LogP contribution in [0, 0.1) is 0 Å². The van der Waals surface area contributed by atoms with Crippen LogP contribution < -0.4 is 19.5 Å². The van der Waals surface area contributed by atoms with Gasteiger partial charge in [0.05, 0.1) is 18.4 Å². The van der Waals surface area contributed by atoms with Crippen LogP contribution in [0.4, 0.5) is 19.0 Å². The molecule has 5 rings (SSSR count). The predicted molar refractivity (Wildman–Crippen MR) is 103 cm³/mol. The molecule has 0 unspecified atom stereocenters. The van der Waals surface area contributed by atoms with Crippen LogP contribution in [0.1, 0.15) is 29.2 Å². The molecule has 2 aliphatic heterocycles. The molecule has 0 saturated carbocycles. The van der Waals surface area contributed by atoms with Gasteiger partial charge in [0.25, 0.3) is 0 Å². The Bertz CT molecular complexity index is 1170. The van der Waals surface area contributed by atoms with Crippen molar-refractivity contribution in [3.05, 3.63) is 59.5 Å². The molecule has 1 N–H and O–H groups in total. The number of imidazole rings is 1. The first-order valence-corrected chi connectivity index (χ1v) is 9.37. The molecule has 10 heteroatoms. The first-order valence-electron chi connectivity index (χ1n) is 9.37. The molecule has 1 aromatic heterocycles. The molecule has 0 aliphatic carbocycles. The second kappa shape index (κ2) is 6.93. The van der Waals surface area contributed by atoms with Gasteiger partial charge in [-0.1, -0.05) is 0 Å². The quantitative estimate of drug-likeness (QED) is 0.676. The van der Waals surface area contributed by atoms with Gasteiger partial charge in [0.2, 0.25) is 18.4 Å². The van der Waals surface area contributed by atoms with Crippen molar-refractivity contribution in [2.45, 2.75) is 18.5 Å². The number of carbonyl (C=O) groups excluding carboxylic acids is 1. The number of nitrogens with zero attached hydrogens (tertiary/aromatic N) is 2. The second-order valence-corrected chi connectivity index (χ2v) is 7.15. The SMILES string of the molecule is COc1cc([C@@H]2CC(=O)Nc3ncn(-c4ccc(C(F)(F)F)cc4)c32)cc2c1OCO2. The molecule has 3 heterocycles. The Morgan fingerprint density at radius 1 is 1.19 bits per heavy atom. The van der Waals surface area contributed by atoms with Crippen LogP contribution in [0.25, 0.3) is 5.69 Å². The minimum absolute atomic E-state index is 0.0645. The lowest BCUT2D eigenvalue weighted by molar-refractivity contribution is -0.137. The molecule has 0 spiro atoms. The first-order chi connectivity index (χ1) is 14.8. The number of rotatable bonds is 3. The average Bonchev–Trinajstić information content (AvgIpc) is 3.38. The zero-order chi connectivity index (χ0) is 21.8. The van der Waals surface area contributed by atoms with E-state index in [1.54, 1.807) is 16.7 Å². The van der Waals surface area contributed by atoms with Crippen molar-refractivity contribution >= 4 is 11.7 Å². The number of ether oxygens (including phenoxy) is 3. The van der Waals surface area contributed by atoms with Gasteiger partial charge in [0.1, 0.15) is 6.33 Å². The molecule has 2 aromatic carbocycles. The van der Waals surface area contributed by atoms with Gasteiger partial charge in [-0.15, -0.1) is 0 Å². The molecule has 160 valence electrons. The van der Waals surface area contributed by atoms with Gasteiger partial charge in [-0.3, -0.25) is 4.79 Å². The number of hydrogen-bond acceptors (Lipinski definition) is 5. The van der Waals surface area contributed by atoms with Gasteiger partial charge in [0.15, 0.2) is 17.3 Å². The van der Waals surface area contributed by atoms with Crippen LogP contribution in [0.5, 0.6) is 17.2 Å². The monoisotopic (exact) mass is 431 g/mol. The van der Waals surface area contributed by atoms with E-state index in [2.05, 4.69) is 10.3 Å². The molecule has 3 aromatic rings. The maximum atomic E-state index is 12.9. The minimum atomic E-state index is -4.42. The number of fused-ring (bicyclic) bond motifs is 2. The van der Waals surface area contributed by atoms with Crippen LogP contribution in [0.2, 0.25) is 0 Å². The molecule has 0 saturated heterocycles. The van der Waals surface area contributed by atoms with Gasteiger partial charge < -0.3 is 24.1 Å². The molecule has 2 aliphatic rings. The topological polar surface area (TPSA) is 74.6 Å². The number of nitrogens with one attached hydrogen (secondary N) is 1. The zero-order valence-electron chi connectivity index (χ0n) is 16.2. The lowest BCUT2D eigenvalue weighted by Crippen LogP contribution is -2.25. The first kappa shape index (κ1) is 19.3. The van der Waals surface area contributed by atoms with Crippen LogP contribution in [0.3, 0.4) is 0 Å². The Morgan fingerprint density at radius 3 is 2.68 bits per heavy atom. The smallest absolute Gasteiger partial charge is 0.416 e. The maximum Gasteiger partial charge on any atom is 0.416 e. The summed E-state index contributed by atoms with van der Waals surface area (Å²) in [6, 6.07) is 8.33. The summed E-state index contributed by atoms with van der Waals surface area (Å²) in [5.74, 6) is 1.19. The third-order valence-electron chi connectivity index (χ3n) is 5.34. The summed E-state index contributed by atoms with van der Waals surface area (Å²) in [7, 11) is 1.51. The van der Waals surface area contributed by atoms with E-state index in [-0.39, 0.29) is 19.1 Å². The fourth-order valence-electron chi connectivity index (χ4n) is 3.90. The summed E-state index contributed by atoms with van der Waals surface area (Å²) in [5.41, 5.74) is 1.15. The maximum absolute atomic E-state index is 12.9. The van der Waals surface area contributed by atoms with Crippen molar-refractivity contribution in [3.8, 4) is 22.9 Å². The number of hydrogen-bond donors (Lipinski definition) is 1. The Hall–Kier alpha value is -3.69. The summed E-state index contributed by atoms with van der Waals surface area (Å²) in [4.78, 5) is 16.6. The van der Waals surface area contributed by atoms with E-state index < -0.39 is 17.7 Å². The summed E-state index contributed by atoms with van der Waals surface area (Å²) in [6.07, 6.45) is -2.81. The fourth-order valence-corrected chi connectivity index (χ4v) is 3.90. The Morgan fingerprint density at radius 2 is 1.97 bits per heavy atom. The zero-order valence-corrected chi connectivity index (χ0v) is 16.2. The number of halogens is 3. The standard InChI is InChI=1S/C21H16F3N3O4/c1-29-15-6-11(7-16-19(15)31-10-30-16)14-8-17(28)26-20-18(14)27(9-25-20)13-4-2-12(3-5-13)21(22,23)24/h2-7,9,14H,8,10H2,1H3,(H,26,28)/t14-/m0/s1. The van der Waals surface area contributed by atoms with Crippen molar-refractivity contribution in [1.29, 1.82) is 0 Å². The van der Waals surface area contributed by atoms with Crippen molar-refractivity contribution in [2.75, 3.05) is 19.2 Å². The third-order valence-corrected chi connectivity index (χ3v) is 5.34. The minimum Gasteiger partial charge on any atom is -0.493 e. The number of carbonyl (C=O) groups is 1. The van der Waals surface area contributed by atoms with Crippen LogP contribution in [-0.2, 0) is 11.0 Å². The van der Waals surface area contributed by atoms with Crippen molar-refractivity contribution < 1.29 is 32.2 Å². The molecular weight excluding hydrogens is 415 g/mol. The van der Waals surface area contributed by atoms with Crippen molar-refractivity contribution in [3.63, 3.8) is 0 Å². The molecule has 7 nitrogen and oxygen atoms in total. The molecule has 0 fully saturated rings. The van der Waals surface area contributed by atoms with Crippen molar-refractivity contribution in [2.24, 2.45) is 0 Å². The van der Waals surface area contributed by atoms with Crippen LogP contribution >= 0.6 is 0 Å². The van der Waals surface area contributed by atoms with E-state index in [9.17, 15) is 18.0 Å². The molecule has 1 atom stereocenters. The predicted octanol–water partition coefficient (Wildman–Crippen LogP) is 4.10. The van der Waals surface area contributed by atoms with Gasteiger partial charge in [-0.2, -0.15) is 13.2 Å². The van der Waals surface area contributed by atoms with Gasteiger partial charge >= 0.3 is 6.18 Å². The number of benzene rings is 2. The highest BCUT2D eigenvalue weighted by molar-refractivity contribution is 5.94. The molecule has 31 heavy (non-hydrogen) atoms. The fraction of sp³-hybridized carbons (Fsp3) is 0.238. The highest BCUT2D eigenvalue weighted by Gasteiger charge is 2.34. The van der Waals surface area contributed by atoms with E-state index in [0.29, 0.717) is 34.4 Å². The number of methoxy groups -OCH3 is 1. The number of anilines is 1. The summed E-state index contributed by atoms with van der Waals surface area (Å²) in [5, 5.41) is 2.73. The highest BCUT2D eigenvalue weighted by Crippen LogP contribution is 2.46. The third kappa shape index (κ3) is 3.24. The largest absolute Gasteiger partial charge is 0.493 e. The summed E-state index contributed by atoms with van der Waals surface area (Å²) in [6.45, 7) is 0.0645. The molecule has 0 bridgehead atoms. The molecular formula is C21H16F3N3O4. The molecule has 0 radical (unpaired) electrons. The van der Waals surface area contributed by atoms with E-state index in [1.807, 2.05) is 0 Å². The van der Waals surface area contributed by atoms with Crippen LogP contribution in [0.15, 0.2) is 42.7 Å². The van der Waals surface area contributed by atoms with Crippen molar-refractivity contribution in [1.82, 2.24) is 9.55 Å². The van der Waals surface area contributed by atoms with E-state index >= 15 is 0 Å². The number of aromatic nitrogens is 2. The number of alkyl halides is 3. The van der Waals surface area contributed by atoms with Gasteiger partial charge in [-0.05, 0) is 42.0 Å². The van der Waals surface area contributed by atoms with E-state index in [0.717, 1.165) is 17.7 Å². The normalized spacial score (nSPS) is 17.3. The second-order valence-electron chi connectivity index (χ2n) is 7.15. The van der Waals surface area contributed by atoms with Gasteiger partial charge in [0, 0.05) is 18.0 Å². The Kier molecular flexibility index (Phi) is 4.31. The Balaban J connectivity index is 1.61. The number of amides is 1. The average molecular weight is 431 g/mol. The van der Waals surface area contributed by atoms with E-state index in [4.69, 9.17) is 14.2 Å².